The first-order valence-electron chi connectivity index (χ1n) is 4.19. The molecule has 0 spiro atoms. The summed E-state index contributed by atoms with van der Waals surface area (Å²) in [5.74, 6) is 0.521. The minimum absolute atomic E-state index is 0.0138. The number of allylic oxidation sites excluding steroid dienone is 1. The Morgan fingerprint density at radius 2 is 2.08 bits per heavy atom. The second-order valence-corrected chi connectivity index (χ2v) is 2.96. The lowest BCUT2D eigenvalue weighted by molar-refractivity contribution is 0.142. The predicted molar refractivity (Wildman–Crippen MR) is 56.1 cm³/mol. The summed E-state index contributed by atoms with van der Waals surface area (Å²) < 4.78 is 5.29. The van der Waals surface area contributed by atoms with Gasteiger partial charge in [0.1, 0.15) is 6.10 Å². The highest BCUT2D eigenvalue weighted by Crippen LogP contribution is 2.17. The summed E-state index contributed by atoms with van der Waals surface area (Å²) in [5.41, 5.74) is 1.14. The van der Waals surface area contributed by atoms with Crippen molar-refractivity contribution in [2.75, 3.05) is 13.0 Å². The SMILES string of the molecule is COC(/C=C/CCl)c1ccccc1. The Hall–Kier alpha value is -0.790. The molecular formula is C11H13ClO. The van der Waals surface area contributed by atoms with E-state index in [0.29, 0.717) is 5.88 Å². The molecule has 1 rings (SSSR count). The molecule has 0 saturated heterocycles. The lowest BCUT2D eigenvalue weighted by Gasteiger charge is -2.10. The Morgan fingerprint density at radius 3 is 2.62 bits per heavy atom. The van der Waals surface area contributed by atoms with Gasteiger partial charge < -0.3 is 4.74 Å². The molecular weight excluding hydrogens is 184 g/mol. The maximum atomic E-state index is 5.55. The van der Waals surface area contributed by atoms with Gasteiger partial charge in [-0.1, -0.05) is 42.5 Å². The van der Waals surface area contributed by atoms with Gasteiger partial charge in [0.25, 0.3) is 0 Å². The normalized spacial score (nSPS) is 13.4. The van der Waals surface area contributed by atoms with Crippen LogP contribution in [0, 0.1) is 0 Å². The predicted octanol–water partition coefficient (Wildman–Crippen LogP) is 3.17. The van der Waals surface area contributed by atoms with E-state index < -0.39 is 0 Å². The van der Waals surface area contributed by atoms with Gasteiger partial charge in [-0.3, -0.25) is 0 Å². The summed E-state index contributed by atoms with van der Waals surface area (Å²) >= 11 is 5.55. The minimum atomic E-state index is 0.0138. The van der Waals surface area contributed by atoms with Crippen LogP contribution in [0.4, 0.5) is 0 Å². The van der Waals surface area contributed by atoms with Crippen LogP contribution in [-0.4, -0.2) is 13.0 Å². The van der Waals surface area contributed by atoms with Gasteiger partial charge in [-0.15, -0.1) is 11.6 Å². The van der Waals surface area contributed by atoms with Gasteiger partial charge in [0, 0.05) is 13.0 Å². The molecule has 0 aliphatic rings. The van der Waals surface area contributed by atoms with Crippen molar-refractivity contribution in [3.63, 3.8) is 0 Å². The molecule has 1 atom stereocenters. The van der Waals surface area contributed by atoms with Crippen LogP contribution in [0.5, 0.6) is 0 Å². The van der Waals surface area contributed by atoms with Gasteiger partial charge >= 0.3 is 0 Å². The molecule has 70 valence electrons. The fraction of sp³-hybridized carbons (Fsp3) is 0.273. The highest BCUT2D eigenvalue weighted by atomic mass is 35.5. The van der Waals surface area contributed by atoms with Crippen molar-refractivity contribution in [1.29, 1.82) is 0 Å². The monoisotopic (exact) mass is 196 g/mol. The molecule has 0 aliphatic carbocycles. The Kier molecular flexibility index (Phi) is 4.58. The Morgan fingerprint density at radius 1 is 1.38 bits per heavy atom. The first kappa shape index (κ1) is 10.3. The average Bonchev–Trinajstić information content (AvgIpc) is 2.21. The smallest absolute Gasteiger partial charge is 0.100 e. The fourth-order valence-electron chi connectivity index (χ4n) is 1.14. The summed E-state index contributed by atoms with van der Waals surface area (Å²) in [7, 11) is 1.69. The number of hydrogen-bond acceptors (Lipinski definition) is 1. The molecule has 0 aromatic heterocycles. The van der Waals surface area contributed by atoms with Crippen LogP contribution >= 0.6 is 11.6 Å². The first-order valence-corrected chi connectivity index (χ1v) is 4.72. The molecule has 0 radical (unpaired) electrons. The third kappa shape index (κ3) is 3.21. The zero-order valence-electron chi connectivity index (χ0n) is 7.61. The molecule has 0 saturated carbocycles. The zero-order chi connectivity index (χ0) is 9.52. The molecule has 1 nitrogen and oxygen atoms in total. The molecule has 2 heteroatoms. The van der Waals surface area contributed by atoms with Crippen LogP contribution < -0.4 is 0 Å². The molecule has 0 bridgehead atoms. The van der Waals surface area contributed by atoms with E-state index in [9.17, 15) is 0 Å². The van der Waals surface area contributed by atoms with E-state index in [0.717, 1.165) is 5.56 Å². The fourth-order valence-corrected chi connectivity index (χ4v) is 1.25. The third-order valence-corrected chi connectivity index (χ3v) is 1.96. The molecule has 0 fully saturated rings. The van der Waals surface area contributed by atoms with Gasteiger partial charge in [0.15, 0.2) is 0 Å². The van der Waals surface area contributed by atoms with Crippen molar-refractivity contribution in [2.24, 2.45) is 0 Å². The van der Waals surface area contributed by atoms with E-state index in [2.05, 4.69) is 0 Å². The highest BCUT2D eigenvalue weighted by molar-refractivity contribution is 6.18. The summed E-state index contributed by atoms with van der Waals surface area (Å²) in [6.07, 6.45) is 3.87. The number of ether oxygens (including phenoxy) is 1. The van der Waals surface area contributed by atoms with E-state index in [-0.39, 0.29) is 6.10 Å². The van der Waals surface area contributed by atoms with Crippen LogP contribution in [0.3, 0.4) is 0 Å². The molecule has 0 heterocycles. The van der Waals surface area contributed by atoms with E-state index in [4.69, 9.17) is 16.3 Å². The Balaban J connectivity index is 2.73. The van der Waals surface area contributed by atoms with Crippen molar-refractivity contribution in [3.05, 3.63) is 48.0 Å². The molecule has 1 aromatic rings. The number of halogens is 1. The molecule has 0 aliphatic heterocycles. The summed E-state index contributed by atoms with van der Waals surface area (Å²) in [6.45, 7) is 0. The van der Waals surface area contributed by atoms with E-state index in [1.807, 2.05) is 42.5 Å². The topological polar surface area (TPSA) is 9.23 Å². The summed E-state index contributed by atoms with van der Waals surface area (Å²) in [4.78, 5) is 0. The van der Waals surface area contributed by atoms with E-state index >= 15 is 0 Å². The van der Waals surface area contributed by atoms with Gasteiger partial charge in [0.2, 0.25) is 0 Å². The van der Waals surface area contributed by atoms with Crippen LogP contribution in [0.1, 0.15) is 11.7 Å². The Labute approximate surface area is 84.0 Å². The van der Waals surface area contributed by atoms with Crippen LogP contribution in [0.15, 0.2) is 42.5 Å². The van der Waals surface area contributed by atoms with Crippen molar-refractivity contribution >= 4 is 11.6 Å². The van der Waals surface area contributed by atoms with E-state index in [1.54, 1.807) is 7.11 Å². The van der Waals surface area contributed by atoms with Crippen molar-refractivity contribution in [1.82, 2.24) is 0 Å². The van der Waals surface area contributed by atoms with Gasteiger partial charge in [-0.25, -0.2) is 0 Å². The van der Waals surface area contributed by atoms with Gasteiger partial charge in [-0.2, -0.15) is 0 Å². The zero-order valence-corrected chi connectivity index (χ0v) is 8.37. The highest BCUT2D eigenvalue weighted by Gasteiger charge is 2.03. The second-order valence-electron chi connectivity index (χ2n) is 2.65. The molecule has 0 amide bonds. The van der Waals surface area contributed by atoms with Gasteiger partial charge in [-0.05, 0) is 5.56 Å². The number of alkyl halides is 1. The number of benzene rings is 1. The largest absolute Gasteiger partial charge is 0.373 e. The lowest BCUT2D eigenvalue weighted by Crippen LogP contribution is -1.96. The molecule has 1 aromatic carbocycles. The van der Waals surface area contributed by atoms with Crippen molar-refractivity contribution in [3.8, 4) is 0 Å². The number of methoxy groups -OCH3 is 1. The van der Waals surface area contributed by atoms with Crippen molar-refractivity contribution in [2.45, 2.75) is 6.10 Å². The maximum Gasteiger partial charge on any atom is 0.100 e. The molecule has 13 heavy (non-hydrogen) atoms. The van der Waals surface area contributed by atoms with E-state index in [1.165, 1.54) is 0 Å². The van der Waals surface area contributed by atoms with Crippen LogP contribution in [0.25, 0.3) is 0 Å². The summed E-state index contributed by atoms with van der Waals surface area (Å²) in [6, 6.07) is 10.0. The molecule has 0 N–H and O–H groups in total. The first-order chi connectivity index (χ1) is 6.38. The minimum Gasteiger partial charge on any atom is -0.373 e. The summed E-state index contributed by atoms with van der Waals surface area (Å²) in [5, 5.41) is 0. The lowest BCUT2D eigenvalue weighted by atomic mass is 10.1. The molecule has 1 unspecified atom stereocenters. The number of hydrogen-bond donors (Lipinski definition) is 0. The van der Waals surface area contributed by atoms with Crippen LogP contribution in [0.2, 0.25) is 0 Å². The average molecular weight is 197 g/mol. The number of rotatable bonds is 4. The van der Waals surface area contributed by atoms with Crippen LogP contribution in [-0.2, 0) is 4.74 Å². The second kappa shape index (κ2) is 5.79. The third-order valence-electron chi connectivity index (χ3n) is 1.78. The standard InChI is InChI=1S/C11H13ClO/c1-13-11(8-5-9-12)10-6-3-2-4-7-10/h2-8,11H,9H2,1H3/b8-5+. The van der Waals surface area contributed by atoms with Gasteiger partial charge in [0.05, 0.1) is 0 Å². The quantitative estimate of drug-likeness (QED) is 0.531. The Bertz CT molecular complexity index is 256. The van der Waals surface area contributed by atoms with Crippen molar-refractivity contribution < 1.29 is 4.74 Å². The maximum absolute atomic E-state index is 5.55.